The highest BCUT2D eigenvalue weighted by Gasteiger charge is 2.22. The van der Waals surface area contributed by atoms with E-state index in [-0.39, 0.29) is 35.5 Å². The summed E-state index contributed by atoms with van der Waals surface area (Å²) in [4.78, 5) is 23.5. The minimum absolute atomic E-state index is 0.00970. The number of nitrogens with two attached hydrogens (primary N) is 1. The molecular formula is C17H26FN3O2. The van der Waals surface area contributed by atoms with Gasteiger partial charge in [0.05, 0.1) is 12.6 Å². The van der Waals surface area contributed by atoms with Crippen molar-refractivity contribution in [2.45, 2.75) is 39.2 Å². The first-order valence-electron chi connectivity index (χ1n) is 7.69. The number of carbonyl (C=O) groups excluding carboxylic acids is 2. The summed E-state index contributed by atoms with van der Waals surface area (Å²) >= 11 is 0. The molecule has 2 amide bonds. The van der Waals surface area contributed by atoms with Crippen molar-refractivity contribution >= 4 is 11.8 Å². The molecule has 0 aromatic heterocycles. The van der Waals surface area contributed by atoms with Crippen molar-refractivity contribution < 1.29 is 14.0 Å². The van der Waals surface area contributed by atoms with E-state index in [1.165, 1.54) is 12.1 Å². The molecule has 0 bridgehead atoms. The molecule has 0 unspecified atom stereocenters. The molecule has 0 aliphatic carbocycles. The number of carbonyl (C=O) groups is 2. The molecule has 128 valence electrons. The molecule has 1 atom stereocenters. The zero-order chi connectivity index (χ0) is 17.6. The fourth-order valence-corrected chi connectivity index (χ4v) is 1.97. The topological polar surface area (TPSA) is 84.2 Å². The minimum Gasteiger partial charge on any atom is -0.354 e. The van der Waals surface area contributed by atoms with Gasteiger partial charge in [0.25, 0.3) is 0 Å². The summed E-state index contributed by atoms with van der Waals surface area (Å²) < 4.78 is 13.0. The number of hydrogen-bond acceptors (Lipinski definition) is 3. The molecular weight excluding hydrogens is 297 g/mol. The lowest BCUT2D eigenvalue weighted by Crippen LogP contribution is -2.48. The molecule has 6 heteroatoms. The van der Waals surface area contributed by atoms with Gasteiger partial charge < -0.3 is 16.4 Å². The third-order valence-corrected chi connectivity index (χ3v) is 3.80. The van der Waals surface area contributed by atoms with Gasteiger partial charge in [0.2, 0.25) is 11.8 Å². The van der Waals surface area contributed by atoms with Crippen LogP contribution in [0.25, 0.3) is 0 Å². The summed E-state index contributed by atoms with van der Waals surface area (Å²) in [6.45, 7) is 7.86. The molecule has 1 aromatic rings. The molecule has 0 aliphatic rings. The fourth-order valence-electron chi connectivity index (χ4n) is 1.97. The lowest BCUT2D eigenvalue weighted by molar-refractivity contribution is -0.127. The predicted octanol–water partition coefficient (Wildman–Crippen LogP) is 1.32. The van der Waals surface area contributed by atoms with Gasteiger partial charge in [-0.25, -0.2) is 4.39 Å². The Morgan fingerprint density at radius 1 is 1.17 bits per heavy atom. The Morgan fingerprint density at radius 2 is 1.74 bits per heavy atom. The first-order chi connectivity index (χ1) is 10.6. The maximum Gasteiger partial charge on any atom is 0.239 e. The van der Waals surface area contributed by atoms with E-state index < -0.39 is 6.04 Å². The van der Waals surface area contributed by atoms with Crippen LogP contribution in [-0.4, -0.2) is 30.9 Å². The highest BCUT2D eigenvalue weighted by atomic mass is 19.1. The van der Waals surface area contributed by atoms with Crippen molar-refractivity contribution in [1.29, 1.82) is 0 Å². The smallest absolute Gasteiger partial charge is 0.239 e. The fraction of sp³-hybridized carbons (Fsp3) is 0.529. The van der Waals surface area contributed by atoms with Crippen LogP contribution in [0.15, 0.2) is 24.3 Å². The van der Waals surface area contributed by atoms with Gasteiger partial charge in [-0.05, 0) is 23.6 Å². The highest BCUT2D eigenvalue weighted by molar-refractivity contribution is 5.87. The van der Waals surface area contributed by atoms with Crippen molar-refractivity contribution in [3.8, 4) is 0 Å². The van der Waals surface area contributed by atoms with Gasteiger partial charge in [0, 0.05) is 12.0 Å². The lowest BCUT2D eigenvalue weighted by Gasteiger charge is -2.25. The Morgan fingerprint density at radius 3 is 2.26 bits per heavy atom. The summed E-state index contributed by atoms with van der Waals surface area (Å²) in [5.41, 5.74) is 6.28. The van der Waals surface area contributed by atoms with Gasteiger partial charge in [-0.1, -0.05) is 39.8 Å². The van der Waals surface area contributed by atoms with Crippen LogP contribution in [0.5, 0.6) is 0 Å². The lowest BCUT2D eigenvalue weighted by atomic mass is 9.84. The second-order valence-corrected chi connectivity index (χ2v) is 6.66. The highest BCUT2D eigenvalue weighted by Crippen LogP contribution is 2.22. The number of nitrogens with one attached hydrogen (secondary N) is 2. The SMILES string of the molecule is CC(C)[C@H](N)C(=O)NCC(=O)NCC(C)(C)c1ccc(F)cc1. The van der Waals surface area contributed by atoms with Gasteiger partial charge in [0.1, 0.15) is 5.82 Å². The quantitative estimate of drug-likeness (QED) is 0.707. The van der Waals surface area contributed by atoms with E-state index in [0.717, 1.165) is 5.56 Å². The minimum atomic E-state index is -0.626. The Hall–Kier alpha value is -1.95. The second-order valence-electron chi connectivity index (χ2n) is 6.66. The third-order valence-electron chi connectivity index (χ3n) is 3.80. The molecule has 1 aromatic carbocycles. The molecule has 0 radical (unpaired) electrons. The standard InChI is InChI=1S/C17H26FN3O2/c1-11(2)15(19)16(23)20-9-14(22)21-10-17(3,4)12-5-7-13(18)8-6-12/h5-8,11,15H,9-10,19H2,1-4H3,(H,20,23)(H,21,22)/t15-/m0/s1. The molecule has 23 heavy (non-hydrogen) atoms. The van der Waals surface area contributed by atoms with Crippen LogP contribution >= 0.6 is 0 Å². The molecule has 0 fully saturated rings. The largest absolute Gasteiger partial charge is 0.354 e. The number of amides is 2. The van der Waals surface area contributed by atoms with Crippen LogP contribution in [-0.2, 0) is 15.0 Å². The average Bonchev–Trinajstić information content (AvgIpc) is 2.50. The first kappa shape index (κ1) is 19.1. The van der Waals surface area contributed by atoms with E-state index >= 15 is 0 Å². The van der Waals surface area contributed by atoms with Gasteiger partial charge >= 0.3 is 0 Å². The van der Waals surface area contributed by atoms with E-state index in [2.05, 4.69) is 10.6 Å². The van der Waals surface area contributed by atoms with Gasteiger partial charge in [0.15, 0.2) is 0 Å². The number of benzene rings is 1. The molecule has 1 rings (SSSR count). The van der Waals surface area contributed by atoms with Crippen molar-refractivity contribution in [2.75, 3.05) is 13.1 Å². The average molecular weight is 323 g/mol. The summed E-state index contributed by atoms with van der Waals surface area (Å²) in [7, 11) is 0. The van der Waals surface area contributed by atoms with Crippen molar-refractivity contribution in [2.24, 2.45) is 11.7 Å². The van der Waals surface area contributed by atoms with Gasteiger partial charge in [-0.2, -0.15) is 0 Å². The Kier molecular flexibility index (Phi) is 6.69. The normalized spacial score (nSPS) is 12.8. The van der Waals surface area contributed by atoms with Crippen LogP contribution < -0.4 is 16.4 Å². The van der Waals surface area contributed by atoms with Crippen LogP contribution in [0.3, 0.4) is 0 Å². The van der Waals surface area contributed by atoms with Crippen LogP contribution in [0.4, 0.5) is 4.39 Å². The summed E-state index contributed by atoms with van der Waals surface area (Å²) in [5, 5.41) is 5.29. The Balaban J connectivity index is 2.46. The van der Waals surface area contributed by atoms with E-state index in [1.54, 1.807) is 12.1 Å². The molecule has 0 saturated carbocycles. The maximum absolute atomic E-state index is 13.0. The van der Waals surface area contributed by atoms with Crippen LogP contribution in [0.1, 0.15) is 33.3 Å². The van der Waals surface area contributed by atoms with E-state index in [0.29, 0.717) is 6.54 Å². The first-order valence-corrected chi connectivity index (χ1v) is 7.69. The number of rotatable bonds is 7. The summed E-state index contributed by atoms with van der Waals surface area (Å²) in [5.74, 6) is -0.911. The van der Waals surface area contributed by atoms with Crippen LogP contribution in [0.2, 0.25) is 0 Å². The van der Waals surface area contributed by atoms with Crippen molar-refractivity contribution in [3.05, 3.63) is 35.6 Å². The number of hydrogen-bond donors (Lipinski definition) is 3. The number of halogens is 1. The van der Waals surface area contributed by atoms with E-state index in [4.69, 9.17) is 5.73 Å². The molecule has 0 aliphatic heterocycles. The van der Waals surface area contributed by atoms with Crippen LogP contribution in [0, 0.1) is 11.7 Å². The Labute approximate surface area is 136 Å². The zero-order valence-electron chi connectivity index (χ0n) is 14.2. The zero-order valence-corrected chi connectivity index (χ0v) is 14.2. The van der Waals surface area contributed by atoms with Crippen molar-refractivity contribution in [3.63, 3.8) is 0 Å². The van der Waals surface area contributed by atoms with E-state index in [1.807, 2.05) is 27.7 Å². The molecule has 4 N–H and O–H groups in total. The second kappa shape index (κ2) is 8.06. The Bertz CT molecular complexity index is 541. The molecule has 0 heterocycles. The van der Waals surface area contributed by atoms with Crippen molar-refractivity contribution in [1.82, 2.24) is 10.6 Å². The van der Waals surface area contributed by atoms with E-state index in [9.17, 15) is 14.0 Å². The van der Waals surface area contributed by atoms with Gasteiger partial charge in [-0.15, -0.1) is 0 Å². The molecule has 0 saturated heterocycles. The summed E-state index contributed by atoms with van der Waals surface area (Å²) in [6, 6.07) is 5.56. The predicted molar refractivity (Wildman–Crippen MR) is 88.3 cm³/mol. The monoisotopic (exact) mass is 323 g/mol. The molecule has 5 nitrogen and oxygen atoms in total. The molecule has 0 spiro atoms. The summed E-state index contributed by atoms with van der Waals surface area (Å²) in [6.07, 6.45) is 0. The van der Waals surface area contributed by atoms with Gasteiger partial charge in [-0.3, -0.25) is 9.59 Å². The third kappa shape index (κ3) is 5.98. The maximum atomic E-state index is 13.0.